The molecule has 0 saturated heterocycles. The molecule has 2 rings (SSSR count). The SMILES string of the molecule is CCOc1ccc(/C=C/c2ccc(OCCS(=O)(=O)O)cc2)cc1. The fraction of sp³-hybridized carbons (Fsp3) is 0.222. The first-order chi connectivity index (χ1) is 11.5. The Labute approximate surface area is 142 Å². The summed E-state index contributed by atoms with van der Waals surface area (Å²) in [6.07, 6.45) is 3.96. The van der Waals surface area contributed by atoms with Gasteiger partial charge in [-0.2, -0.15) is 8.42 Å². The maximum absolute atomic E-state index is 10.6. The first kappa shape index (κ1) is 18.0. The van der Waals surface area contributed by atoms with Crippen molar-refractivity contribution in [2.45, 2.75) is 6.92 Å². The van der Waals surface area contributed by atoms with Gasteiger partial charge in [0.15, 0.2) is 0 Å². The fourth-order valence-electron chi connectivity index (χ4n) is 1.97. The molecule has 0 aromatic heterocycles. The van der Waals surface area contributed by atoms with Crippen molar-refractivity contribution in [1.29, 1.82) is 0 Å². The molecule has 0 atom stereocenters. The first-order valence-electron chi connectivity index (χ1n) is 7.55. The van der Waals surface area contributed by atoms with Crippen molar-refractivity contribution in [3.05, 3.63) is 59.7 Å². The van der Waals surface area contributed by atoms with Crippen molar-refractivity contribution in [2.24, 2.45) is 0 Å². The topological polar surface area (TPSA) is 72.8 Å². The van der Waals surface area contributed by atoms with E-state index in [-0.39, 0.29) is 6.61 Å². The van der Waals surface area contributed by atoms with Gasteiger partial charge in [0, 0.05) is 0 Å². The lowest BCUT2D eigenvalue weighted by Crippen LogP contribution is -2.12. The zero-order valence-corrected chi connectivity index (χ0v) is 14.2. The minimum Gasteiger partial charge on any atom is -0.494 e. The third kappa shape index (κ3) is 6.44. The second-order valence-electron chi connectivity index (χ2n) is 5.04. The molecule has 1 N–H and O–H groups in total. The second kappa shape index (κ2) is 8.52. The fourth-order valence-corrected chi connectivity index (χ4v) is 2.27. The third-order valence-corrected chi connectivity index (χ3v) is 3.83. The van der Waals surface area contributed by atoms with E-state index in [1.165, 1.54) is 0 Å². The maximum atomic E-state index is 10.6. The minimum absolute atomic E-state index is 0.0831. The molecule has 0 amide bonds. The van der Waals surface area contributed by atoms with Crippen LogP contribution < -0.4 is 9.47 Å². The Balaban J connectivity index is 1.90. The van der Waals surface area contributed by atoms with E-state index in [9.17, 15) is 8.42 Å². The predicted molar refractivity (Wildman–Crippen MR) is 94.9 cm³/mol. The minimum atomic E-state index is -3.99. The molecule has 5 nitrogen and oxygen atoms in total. The Morgan fingerprint density at radius 3 is 1.75 bits per heavy atom. The molecule has 0 aliphatic carbocycles. The zero-order valence-electron chi connectivity index (χ0n) is 13.4. The molecule has 0 radical (unpaired) electrons. The molecule has 0 fully saturated rings. The molecule has 24 heavy (non-hydrogen) atoms. The Bertz CT molecular complexity index is 762. The van der Waals surface area contributed by atoms with Crippen LogP contribution in [0.4, 0.5) is 0 Å². The molecule has 0 heterocycles. The van der Waals surface area contributed by atoms with E-state index in [2.05, 4.69) is 0 Å². The lowest BCUT2D eigenvalue weighted by atomic mass is 10.1. The highest BCUT2D eigenvalue weighted by Gasteiger charge is 2.04. The van der Waals surface area contributed by atoms with Crippen LogP contribution in [0, 0.1) is 0 Å². The Kier molecular flexibility index (Phi) is 6.40. The van der Waals surface area contributed by atoms with Gasteiger partial charge < -0.3 is 9.47 Å². The summed E-state index contributed by atoms with van der Waals surface area (Å²) in [5.41, 5.74) is 2.05. The van der Waals surface area contributed by atoms with Crippen molar-refractivity contribution in [2.75, 3.05) is 19.0 Å². The number of hydrogen-bond acceptors (Lipinski definition) is 4. The van der Waals surface area contributed by atoms with Crippen molar-refractivity contribution in [3.63, 3.8) is 0 Å². The number of ether oxygens (including phenoxy) is 2. The number of benzene rings is 2. The number of hydrogen-bond donors (Lipinski definition) is 1. The third-order valence-electron chi connectivity index (χ3n) is 3.15. The summed E-state index contributed by atoms with van der Waals surface area (Å²) in [5.74, 6) is 0.977. The van der Waals surface area contributed by atoms with E-state index >= 15 is 0 Å². The summed E-state index contributed by atoms with van der Waals surface area (Å²) in [5, 5.41) is 0. The second-order valence-corrected chi connectivity index (χ2v) is 6.61. The molecule has 0 saturated carbocycles. The quantitative estimate of drug-likeness (QED) is 0.584. The van der Waals surface area contributed by atoms with Gasteiger partial charge in [-0.3, -0.25) is 4.55 Å². The van der Waals surface area contributed by atoms with E-state index in [4.69, 9.17) is 14.0 Å². The summed E-state index contributed by atoms with van der Waals surface area (Å²) in [4.78, 5) is 0. The largest absolute Gasteiger partial charge is 0.494 e. The van der Waals surface area contributed by atoms with Gasteiger partial charge in [0.1, 0.15) is 23.9 Å². The highest BCUT2D eigenvalue weighted by atomic mass is 32.2. The van der Waals surface area contributed by atoms with E-state index < -0.39 is 15.9 Å². The summed E-state index contributed by atoms with van der Waals surface area (Å²) < 4.78 is 40.5. The molecule has 0 unspecified atom stereocenters. The van der Waals surface area contributed by atoms with Gasteiger partial charge >= 0.3 is 0 Å². The molecule has 0 bridgehead atoms. The van der Waals surface area contributed by atoms with Crippen molar-refractivity contribution >= 4 is 22.3 Å². The molecular weight excluding hydrogens is 328 g/mol. The zero-order chi connectivity index (χ0) is 17.4. The van der Waals surface area contributed by atoms with Crippen LogP contribution in [0.5, 0.6) is 11.5 Å². The van der Waals surface area contributed by atoms with Crippen LogP contribution in [-0.2, 0) is 10.1 Å². The molecule has 2 aromatic carbocycles. The molecule has 128 valence electrons. The van der Waals surface area contributed by atoms with Gasteiger partial charge in [0.2, 0.25) is 0 Å². The summed E-state index contributed by atoms with van der Waals surface area (Å²) in [6.45, 7) is 2.51. The van der Waals surface area contributed by atoms with E-state index in [0.717, 1.165) is 16.9 Å². The van der Waals surface area contributed by atoms with Crippen LogP contribution >= 0.6 is 0 Å². The first-order valence-corrected chi connectivity index (χ1v) is 9.16. The van der Waals surface area contributed by atoms with Gasteiger partial charge in [-0.15, -0.1) is 0 Å². The lowest BCUT2D eigenvalue weighted by Gasteiger charge is -2.05. The van der Waals surface area contributed by atoms with Crippen molar-refractivity contribution < 1.29 is 22.4 Å². The molecule has 0 aliphatic rings. The summed E-state index contributed by atoms with van der Waals surface area (Å²) >= 11 is 0. The predicted octanol–water partition coefficient (Wildman–Crippen LogP) is 3.52. The highest BCUT2D eigenvalue weighted by molar-refractivity contribution is 7.85. The standard InChI is InChI=1S/C18H20O5S/c1-2-22-17-9-5-15(6-10-17)3-4-16-7-11-18(12-8-16)23-13-14-24(19,20)21/h3-12H,2,13-14H2,1H3,(H,19,20,21)/b4-3+. The highest BCUT2D eigenvalue weighted by Crippen LogP contribution is 2.16. The lowest BCUT2D eigenvalue weighted by molar-refractivity contribution is 0.336. The van der Waals surface area contributed by atoms with E-state index in [0.29, 0.717) is 12.4 Å². The van der Waals surface area contributed by atoms with Crippen LogP contribution in [0.2, 0.25) is 0 Å². The molecule has 2 aromatic rings. The van der Waals surface area contributed by atoms with Gasteiger partial charge in [0.25, 0.3) is 10.1 Å². The van der Waals surface area contributed by atoms with Crippen LogP contribution in [0.25, 0.3) is 12.2 Å². The summed E-state index contributed by atoms with van der Waals surface area (Å²) in [7, 11) is -3.99. The van der Waals surface area contributed by atoms with Gasteiger partial charge in [0.05, 0.1) is 6.61 Å². The Morgan fingerprint density at radius 2 is 1.33 bits per heavy atom. The Morgan fingerprint density at radius 1 is 0.875 bits per heavy atom. The molecule has 0 spiro atoms. The van der Waals surface area contributed by atoms with Crippen LogP contribution in [0.15, 0.2) is 48.5 Å². The maximum Gasteiger partial charge on any atom is 0.268 e. The van der Waals surface area contributed by atoms with Gasteiger partial charge in [-0.25, -0.2) is 0 Å². The van der Waals surface area contributed by atoms with E-state index in [1.54, 1.807) is 12.1 Å². The van der Waals surface area contributed by atoms with Crippen LogP contribution in [0.3, 0.4) is 0 Å². The Hall–Kier alpha value is -2.31. The molecule has 6 heteroatoms. The summed E-state index contributed by atoms with van der Waals surface area (Å²) in [6, 6.07) is 15.1. The van der Waals surface area contributed by atoms with E-state index in [1.807, 2.05) is 55.5 Å². The van der Waals surface area contributed by atoms with Crippen LogP contribution in [-0.4, -0.2) is 31.9 Å². The van der Waals surface area contributed by atoms with Crippen molar-refractivity contribution in [1.82, 2.24) is 0 Å². The average Bonchev–Trinajstić information content (AvgIpc) is 2.55. The smallest absolute Gasteiger partial charge is 0.268 e. The number of rotatable bonds is 8. The van der Waals surface area contributed by atoms with Crippen molar-refractivity contribution in [3.8, 4) is 11.5 Å². The van der Waals surface area contributed by atoms with Gasteiger partial charge in [-0.1, -0.05) is 36.4 Å². The van der Waals surface area contributed by atoms with Gasteiger partial charge in [-0.05, 0) is 42.3 Å². The van der Waals surface area contributed by atoms with Crippen LogP contribution in [0.1, 0.15) is 18.1 Å². The molecule has 0 aliphatic heterocycles. The monoisotopic (exact) mass is 348 g/mol. The average molecular weight is 348 g/mol. The normalized spacial score (nSPS) is 11.6. The molecular formula is C18H20O5S.